The van der Waals surface area contributed by atoms with Gasteiger partial charge in [-0.1, -0.05) is 32.9 Å². The maximum atomic E-state index is 13.9. The van der Waals surface area contributed by atoms with Crippen molar-refractivity contribution in [2.45, 2.75) is 84.9 Å². The molecule has 7 nitrogen and oxygen atoms in total. The second-order valence-electron chi connectivity index (χ2n) is 13.6. The maximum absolute atomic E-state index is 13.9. The van der Waals surface area contributed by atoms with E-state index in [0.29, 0.717) is 54.4 Å². The first-order valence-electron chi connectivity index (χ1n) is 15.6. The number of carbonyl (C=O) groups excluding carboxylic acids is 1. The van der Waals surface area contributed by atoms with Crippen LogP contribution in [0.3, 0.4) is 0 Å². The highest BCUT2D eigenvalue weighted by Crippen LogP contribution is 2.40. The standard InChI is InChI=1S/C35H48F3NO6/c1-33(2,3)29(20-34(4,5)39)32(42)43-16-7-6-9-24(21-41)22-44-26-13-12-25-18-31(45-30(25)19-26)27-14-11-23(10-8-15-40)17-28(27)35(36,37)38/h11-14,17-19,24,29,40-41H,6-10,15-16,20-22,39H2,1-5H3. The quantitative estimate of drug-likeness (QED) is 0.110. The molecule has 45 heavy (non-hydrogen) atoms. The molecule has 1 aromatic heterocycles. The van der Waals surface area contributed by atoms with Crippen LogP contribution >= 0.6 is 0 Å². The predicted molar refractivity (Wildman–Crippen MR) is 169 cm³/mol. The Morgan fingerprint density at radius 3 is 2.33 bits per heavy atom. The average Bonchev–Trinajstić information content (AvgIpc) is 3.38. The molecule has 0 aliphatic heterocycles. The number of esters is 1. The Morgan fingerprint density at radius 1 is 0.978 bits per heavy atom. The van der Waals surface area contributed by atoms with E-state index in [4.69, 9.17) is 24.7 Å². The van der Waals surface area contributed by atoms with Crippen molar-refractivity contribution in [1.82, 2.24) is 0 Å². The van der Waals surface area contributed by atoms with Crippen molar-refractivity contribution >= 4 is 16.9 Å². The van der Waals surface area contributed by atoms with Gasteiger partial charge in [-0.05, 0) is 87.6 Å². The van der Waals surface area contributed by atoms with Crippen molar-refractivity contribution in [3.8, 4) is 17.1 Å². The van der Waals surface area contributed by atoms with Gasteiger partial charge < -0.3 is 29.8 Å². The molecule has 2 atom stereocenters. The number of hydrogen-bond acceptors (Lipinski definition) is 7. The van der Waals surface area contributed by atoms with Gasteiger partial charge in [0.2, 0.25) is 0 Å². The zero-order valence-electron chi connectivity index (χ0n) is 27.0. The number of nitrogens with two attached hydrogens (primary N) is 1. The summed E-state index contributed by atoms with van der Waals surface area (Å²) in [7, 11) is 0. The summed E-state index contributed by atoms with van der Waals surface area (Å²) in [6.07, 6.45) is -1.29. The van der Waals surface area contributed by atoms with E-state index in [2.05, 4.69) is 0 Å². The first-order valence-corrected chi connectivity index (χ1v) is 15.6. The summed E-state index contributed by atoms with van der Waals surface area (Å²) < 4.78 is 59.0. The summed E-state index contributed by atoms with van der Waals surface area (Å²) in [6, 6.07) is 10.8. The van der Waals surface area contributed by atoms with E-state index >= 15 is 0 Å². The third kappa shape index (κ3) is 11.0. The molecule has 0 bridgehead atoms. The third-order valence-corrected chi connectivity index (χ3v) is 7.83. The van der Waals surface area contributed by atoms with E-state index in [0.717, 1.165) is 12.5 Å². The first-order chi connectivity index (χ1) is 21.0. The lowest BCUT2D eigenvalue weighted by Gasteiger charge is -2.33. The van der Waals surface area contributed by atoms with E-state index in [1.54, 1.807) is 30.3 Å². The number of unbranched alkanes of at least 4 members (excludes halogenated alkanes) is 1. The second kappa shape index (κ2) is 15.5. The number of carbonyl (C=O) groups is 1. The molecule has 10 heteroatoms. The van der Waals surface area contributed by atoms with E-state index in [1.165, 1.54) is 6.07 Å². The number of benzene rings is 2. The number of aliphatic hydroxyl groups excluding tert-OH is 2. The first kappa shape index (κ1) is 36.4. The molecule has 0 saturated heterocycles. The topological polar surface area (TPSA) is 115 Å². The smallest absolute Gasteiger partial charge is 0.417 e. The number of fused-ring (bicyclic) bond motifs is 1. The highest BCUT2D eigenvalue weighted by Gasteiger charge is 2.36. The second-order valence-corrected chi connectivity index (χ2v) is 13.6. The number of aryl methyl sites for hydroxylation is 1. The Balaban J connectivity index is 1.56. The van der Waals surface area contributed by atoms with Crippen LogP contribution in [0.15, 0.2) is 46.9 Å². The summed E-state index contributed by atoms with van der Waals surface area (Å²) >= 11 is 0. The molecule has 0 saturated carbocycles. The van der Waals surface area contributed by atoms with Gasteiger partial charge in [-0.3, -0.25) is 4.79 Å². The zero-order chi connectivity index (χ0) is 33.4. The minimum Gasteiger partial charge on any atom is -0.493 e. The molecule has 0 spiro atoms. The van der Waals surface area contributed by atoms with Crippen LogP contribution in [0.1, 0.15) is 77.8 Å². The monoisotopic (exact) mass is 635 g/mol. The van der Waals surface area contributed by atoms with E-state index in [-0.39, 0.29) is 61.0 Å². The van der Waals surface area contributed by atoms with E-state index in [9.17, 15) is 23.1 Å². The van der Waals surface area contributed by atoms with Gasteiger partial charge in [0.1, 0.15) is 17.1 Å². The minimum atomic E-state index is -4.57. The molecule has 0 radical (unpaired) electrons. The highest BCUT2D eigenvalue weighted by molar-refractivity contribution is 5.84. The van der Waals surface area contributed by atoms with Gasteiger partial charge in [-0.25, -0.2) is 0 Å². The molecule has 2 aromatic carbocycles. The van der Waals surface area contributed by atoms with E-state index in [1.807, 2.05) is 34.6 Å². The Hall–Kier alpha value is -3.08. The average molecular weight is 636 g/mol. The number of aliphatic hydroxyl groups is 2. The fourth-order valence-electron chi connectivity index (χ4n) is 5.23. The van der Waals surface area contributed by atoms with Crippen molar-refractivity contribution in [3.05, 3.63) is 53.6 Å². The maximum Gasteiger partial charge on any atom is 0.417 e. The lowest BCUT2D eigenvalue weighted by Crippen LogP contribution is -2.41. The van der Waals surface area contributed by atoms with Crippen molar-refractivity contribution < 1.29 is 42.1 Å². The van der Waals surface area contributed by atoms with Crippen molar-refractivity contribution in [3.63, 3.8) is 0 Å². The molecule has 250 valence electrons. The van der Waals surface area contributed by atoms with Crippen molar-refractivity contribution in [2.75, 3.05) is 26.4 Å². The fraction of sp³-hybridized carbons (Fsp3) is 0.571. The van der Waals surface area contributed by atoms with Crippen molar-refractivity contribution in [2.24, 2.45) is 23.0 Å². The van der Waals surface area contributed by atoms with Gasteiger partial charge in [0, 0.05) is 41.7 Å². The fourth-order valence-corrected chi connectivity index (χ4v) is 5.23. The number of alkyl halides is 3. The molecule has 0 aliphatic carbocycles. The number of hydrogen-bond donors (Lipinski definition) is 3. The van der Waals surface area contributed by atoms with Gasteiger partial charge in [0.05, 0.1) is 24.7 Å². The van der Waals surface area contributed by atoms with Crippen LogP contribution in [0.2, 0.25) is 0 Å². The van der Waals surface area contributed by atoms with Crippen LogP contribution in [-0.4, -0.2) is 48.1 Å². The van der Waals surface area contributed by atoms with Crippen LogP contribution in [0, 0.1) is 17.3 Å². The predicted octanol–water partition coefficient (Wildman–Crippen LogP) is 7.53. The number of ether oxygens (including phenoxy) is 2. The zero-order valence-corrected chi connectivity index (χ0v) is 27.0. The molecule has 3 rings (SSSR count). The largest absolute Gasteiger partial charge is 0.493 e. The van der Waals surface area contributed by atoms with Crippen LogP contribution in [0.25, 0.3) is 22.3 Å². The Kier molecular flexibility index (Phi) is 12.5. The molecular formula is C35H48F3NO6. The normalized spacial score (nSPS) is 14.0. The summed E-state index contributed by atoms with van der Waals surface area (Å²) in [5.74, 6) is -0.139. The van der Waals surface area contributed by atoms with E-state index < -0.39 is 17.3 Å². The summed E-state index contributed by atoms with van der Waals surface area (Å²) in [5, 5.41) is 19.5. The van der Waals surface area contributed by atoms with Gasteiger partial charge in [-0.15, -0.1) is 0 Å². The molecule has 0 aliphatic rings. The summed E-state index contributed by atoms with van der Waals surface area (Å²) in [4.78, 5) is 12.8. The Bertz CT molecular complexity index is 1390. The summed E-state index contributed by atoms with van der Waals surface area (Å²) in [5.41, 5.74) is 5.43. The minimum absolute atomic E-state index is 0.0583. The molecular weight excluding hydrogens is 587 g/mol. The molecule has 0 fully saturated rings. The molecule has 2 unspecified atom stereocenters. The SMILES string of the molecule is CC(C)(N)CC(C(=O)OCCCCC(CO)COc1ccc2cc(-c3ccc(CCCO)cc3C(F)(F)F)oc2c1)C(C)(C)C. The lowest BCUT2D eigenvalue weighted by atomic mass is 9.74. The van der Waals surface area contributed by atoms with Crippen LogP contribution < -0.4 is 10.5 Å². The summed E-state index contributed by atoms with van der Waals surface area (Å²) in [6.45, 7) is 10.1. The number of furan rings is 1. The Morgan fingerprint density at radius 2 is 1.71 bits per heavy atom. The van der Waals surface area contributed by atoms with Crippen molar-refractivity contribution in [1.29, 1.82) is 0 Å². The highest BCUT2D eigenvalue weighted by atomic mass is 19.4. The van der Waals surface area contributed by atoms with Crippen LogP contribution in [0.5, 0.6) is 5.75 Å². The molecule has 3 aromatic rings. The molecule has 0 amide bonds. The van der Waals surface area contributed by atoms with Gasteiger partial charge in [0.15, 0.2) is 0 Å². The molecule has 1 heterocycles. The van der Waals surface area contributed by atoms with Crippen LogP contribution in [0.4, 0.5) is 13.2 Å². The van der Waals surface area contributed by atoms with Gasteiger partial charge >= 0.3 is 12.1 Å². The van der Waals surface area contributed by atoms with Crippen LogP contribution in [-0.2, 0) is 22.1 Å². The Labute approximate surface area is 263 Å². The third-order valence-electron chi connectivity index (χ3n) is 7.83. The molecule has 4 N–H and O–H groups in total. The van der Waals surface area contributed by atoms with Gasteiger partial charge in [0.25, 0.3) is 0 Å². The number of halogens is 3. The lowest BCUT2D eigenvalue weighted by molar-refractivity contribution is -0.153. The van der Waals surface area contributed by atoms with Gasteiger partial charge in [-0.2, -0.15) is 13.2 Å². The number of rotatable bonds is 16.